The lowest BCUT2D eigenvalue weighted by molar-refractivity contribution is -0.384. The average molecular weight is 284 g/mol. The van der Waals surface area contributed by atoms with Gasteiger partial charge in [0.1, 0.15) is 10.7 Å². The minimum atomic E-state index is -0.474. The number of nitrogens with zero attached hydrogens (tertiary/aromatic N) is 2. The third-order valence-electron chi connectivity index (χ3n) is 3.39. The first-order valence-electron chi connectivity index (χ1n) is 5.98. The lowest BCUT2D eigenvalue weighted by Gasteiger charge is -2.32. The van der Waals surface area contributed by atoms with Crippen LogP contribution in [0.2, 0.25) is 5.02 Å². The summed E-state index contributed by atoms with van der Waals surface area (Å²) in [6.45, 7) is 1.13. The quantitative estimate of drug-likeness (QED) is 0.678. The Labute approximate surface area is 115 Å². The van der Waals surface area contributed by atoms with Crippen LogP contribution >= 0.6 is 11.6 Å². The number of rotatable bonds is 3. The van der Waals surface area contributed by atoms with Gasteiger partial charge in [-0.15, -0.1) is 0 Å². The molecule has 1 heterocycles. The van der Waals surface area contributed by atoms with Gasteiger partial charge in [0.25, 0.3) is 0 Å². The number of nitro groups is 1. The molecule has 0 aromatic heterocycles. The van der Waals surface area contributed by atoms with Crippen molar-refractivity contribution in [2.45, 2.75) is 12.8 Å². The highest BCUT2D eigenvalue weighted by molar-refractivity contribution is 6.33. The Kier molecular flexibility index (Phi) is 3.90. The van der Waals surface area contributed by atoms with Crippen molar-refractivity contribution in [1.29, 1.82) is 0 Å². The van der Waals surface area contributed by atoms with Gasteiger partial charge >= 0.3 is 5.69 Å². The molecular formula is C12H14ClN3O3. The molecule has 1 aromatic carbocycles. The molecule has 0 bridgehead atoms. The first kappa shape index (κ1) is 13.6. The molecule has 0 aliphatic carbocycles. The predicted molar refractivity (Wildman–Crippen MR) is 72.2 cm³/mol. The Morgan fingerprint density at radius 2 is 2.05 bits per heavy atom. The topological polar surface area (TPSA) is 89.5 Å². The molecule has 7 heteroatoms. The number of carbonyl (C=O) groups excluding carboxylic acids is 1. The summed E-state index contributed by atoms with van der Waals surface area (Å²) in [4.78, 5) is 23.6. The number of carbonyl (C=O) groups is 1. The van der Waals surface area contributed by atoms with Crippen LogP contribution in [-0.4, -0.2) is 23.9 Å². The summed E-state index contributed by atoms with van der Waals surface area (Å²) < 4.78 is 0. The molecule has 0 unspecified atom stereocenters. The van der Waals surface area contributed by atoms with E-state index >= 15 is 0 Å². The maximum atomic E-state index is 11.1. The number of nitrogens with two attached hydrogens (primary N) is 1. The highest BCUT2D eigenvalue weighted by Crippen LogP contribution is 2.36. The standard InChI is InChI=1S/C12H14ClN3O3/c13-9-2-1-3-10(11(9)16(18)19)15-6-4-8(5-7-15)12(14)17/h1-3,8H,4-7H2,(H2,14,17). The number of primary amides is 1. The van der Waals surface area contributed by atoms with Crippen LogP contribution in [0.4, 0.5) is 11.4 Å². The van der Waals surface area contributed by atoms with Gasteiger partial charge in [0, 0.05) is 19.0 Å². The largest absolute Gasteiger partial charge is 0.369 e. The molecule has 1 aliphatic heterocycles. The highest BCUT2D eigenvalue weighted by Gasteiger charge is 2.28. The van der Waals surface area contributed by atoms with E-state index in [1.165, 1.54) is 6.07 Å². The third-order valence-corrected chi connectivity index (χ3v) is 3.69. The van der Waals surface area contributed by atoms with Crippen molar-refractivity contribution >= 4 is 28.9 Å². The van der Waals surface area contributed by atoms with Crippen LogP contribution in [-0.2, 0) is 4.79 Å². The van der Waals surface area contributed by atoms with Gasteiger partial charge in [-0.2, -0.15) is 0 Å². The van der Waals surface area contributed by atoms with Crippen LogP contribution in [0.15, 0.2) is 18.2 Å². The van der Waals surface area contributed by atoms with E-state index in [0.717, 1.165) is 0 Å². The third kappa shape index (κ3) is 2.78. The van der Waals surface area contributed by atoms with E-state index in [2.05, 4.69) is 0 Å². The number of halogens is 1. The number of piperidine rings is 1. The number of hydrogen-bond acceptors (Lipinski definition) is 4. The summed E-state index contributed by atoms with van der Waals surface area (Å²) in [6, 6.07) is 4.86. The number of para-hydroxylation sites is 1. The summed E-state index contributed by atoms with van der Waals surface area (Å²) in [5.41, 5.74) is 5.69. The zero-order chi connectivity index (χ0) is 14.0. The molecule has 2 rings (SSSR count). The first-order chi connectivity index (χ1) is 9.00. The fourth-order valence-electron chi connectivity index (χ4n) is 2.34. The molecule has 1 saturated heterocycles. The second-order valence-electron chi connectivity index (χ2n) is 4.53. The summed E-state index contributed by atoms with van der Waals surface area (Å²) >= 11 is 5.88. The summed E-state index contributed by atoms with van der Waals surface area (Å²) in [5, 5.41) is 11.2. The molecule has 6 nitrogen and oxygen atoms in total. The first-order valence-corrected chi connectivity index (χ1v) is 6.35. The van der Waals surface area contributed by atoms with E-state index in [4.69, 9.17) is 17.3 Å². The van der Waals surface area contributed by atoms with Crippen molar-refractivity contribution in [2.75, 3.05) is 18.0 Å². The maximum Gasteiger partial charge on any atom is 0.310 e. The van der Waals surface area contributed by atoms with E-state index < -0.39 is 4.92 Å². The molecule has 1 aliphatic rings. The van der Waals surface area contributed by atoms with E-state index in [-0.39, 0.29) is 22.5 Å². The van der Waals surface area contributed by atoms with E-state index in [9.17, 15) is 14.9 Å². The van der Waals surface area contributed by atoms with Crippen molar-refractivity contribution < 1.29 is 9.72 Å². The van der Waals surface area contributed by atoms with E-state index in [0.29, 0.717) is 31.6 Å². The molecule has 0 saturated carbocycles. The summed E-state index contributed by atoms with van der Waals surface area (Å²) in [7, 11) is 0. The maximum absolute atomic E-state index is 11.1. The number of nitro benzene ring substituents is 1. The lowest BCUT2D eigenvalue weighted by Crippen LogP contribution is -2.38. The zero-order valence-electron chi connectivity index (χ0n) is 10.2. The summed E-state index contributed by atoms with van der Waals surface area (Å²) in [5.74, 6) is -0.449. The molecule has 0 atom stereocenters. The van der Waals surface area contributed by atoms with Crippen LogP contribution < -0.4 is 10.6 Å². The second kappa shape index (κ2) is 5.44. The van der Waals surface area contributed by atoms with Crippen molar-refractivity contribution in [2.24, 2.45) is 11.7 Å². The van der Waals surface area contributed by atoms with Gasteiger partial charge in [-0.25, -0.2) is 0 Å². The fourth-order valence-corrected chi connectivity index (χ4v) is 2.58. The van der Waals surface area contributed by atoms with Crippen molar-refractivity contribution in [1.82, 2.24) is 0 Å². The number of hydrogen-bond donors (Lipinski definition) is 1. The van der Waals surface area contributed by atoms with Gasteiger partial charge in [0.2, 0.25) is 5.91 Å². The van der Waals surface area contributed by atoms with E-state index in [1.54, 1.807) is 12.1 Å². The number of anilines is 1. The smallest absolute Gasteiger partial charge is 0.310 e. The SMILES string of the molecule is NC(=O)C1CCN(c2cccc(Cl)c2[N+](=O)[O-])CC1. The van der Waals surface area contributed by atoms with Crippen LogP contribution in [0.1, 0.15) is 12.8 Å². The number of amides is 1. The Balaban J connectivity index is 2.22. The molecular weight excluding hydrogens is 270 g/mol. The van der Waals surface area contributed by atoms with Crippen molar-refractivity contribution in [3.05, 3.63) is 33.3 Å². The summed E-state index contributed by atoms with van der Waals surface area (Å²) in [6.07, 6.45) is 1.22. The molecule has 102 valence electrons. The van der Waals surface area contributed by atoms with Gasteiger partial charge in [-0.05, 0) is 25.0 Å². The van der Waals surface area contributed by atoms with Crippen molar-refractivity contribution in [3.63, 3.8) is 0 Å². The molecule has 2 N–H and O–H groups in total. The predicted octanol–water partition coefficient (Wildman–Crippen LogP) is 1.95. The van der Waals surface area contributed by atoms with Crippen LogP contribution in [0, 0.1) is 16.0 Å². The zero-order valence-corrected chi connectivity index (χ0v) is 11.0. The van der Waals surface area contributed by atoms with Gasteiger partial charge < -0.3 is 10.6 Å². The van der Waals surface area contributed by atoms with Crippen molar-refractivity contribution in [3.8, 4) is 0 Å². The highest BCUT2D eigenvalue weighted by atomic mass is 35.5. The molecule has 1 fully saturated rings. The normalized spacial score (nSPS) is 16.4. The second-order valence-corrected chi connectivity index (χ2v) is 4.94. The van der Waals surface area contributed by atoms with E-state index in [1.807, 2.05) is 4.90 Å². The minimum Gasteiger partial charge on any atom is -0.369 e. The van der Waals surface area contributed by atoms with Gasteiger partial charge in [0.15, 0.2) is 0 Å². The van der Waals surface area contributed by atoms with Gasteiger partial charge in [0.05, 0.1) is 4.92 Å². The average Bonchev–Trinajstić information content (AvgIpc) is 2.38. The molecule has 1 amide bonds. The molecule has 0 radical (unpaired) electrons. The Morgan fingerprint density at radius 1 is 1.42 bits per heavy atom. The molecule has 19 heavy (non-hydrogen) atoms. The van der Waals surface area contributed by atoms with Crippen LogP contribution in [0.3, 0.4) is 0 Å². The molecule has 0 spiro atoms. The Hall–Kier alpha value is -1.82. The molecule has 1 aromatic rings. The monoisotopic (exact) mass is 283 g/mol. The fraction of sp³-hybridized carbons (Fsp3) is 0.417. The van der Waals surface area contributed by atoms with Gasteiger partial charge in [-0.1, -0.05) is 17.7 Å². The van der Waals surface area contributed by atoms with Crippen LogP contribution in [0.5, 0.6) is 0 Å². The van der Waals surface area contributed by atoms with Gasteiger partial charge in [-0.3, -0.25) is 14.9 Å². The Morgan fingerprint density at radius 3 is 2.58 bits per heavy atom. The van der Waals surface area contributed by atoms with Crippen LogP contribution in [0.25, 0.3) is 0 Å². The Bertz CT molecular complexity index is 513. The minimum absolute atomic E-state index is 0.0818. The number of benzene rings is 1. The lowest BCUT2D eigenvalue weighted by atomic mass is 9.96.